The van der Waals surface area contributed by atoms with Crippen molar-refractivity contribution in [2.75, 3.05) is 13.7 Å². The Morgan fingerprint density at radius 2 is 2.14 bits per heavy atom. The minimum Gasteiger partial charge on any atom is -0.469 e. The number of esters is 1. The number of hydrogen-bond donors (Lipinski definition) is 1. The molecule has 0 bridgehead atoms. The van der Waals surface area contributed by atoms with Gasteiger partial charge in [0.25, 0.3) is 11.5 Å². The lowest BCUT2D eigenvalue weighted by Crippen LogP contribution is -2.32. The predicted octanol–water partition coefficient (Wildman–Crippen LogP) is 0.686. The molecule has 0 aliphatic rings. The Labute approximate surface area is 126 Å². The van der Waals surface area contributed by atoms with Gasteiger partial charge in [0.05, 0.1) is 7.11 Å². The van der Waals surface area contributed by atoms with E-state index in [1.54, 1.807) is 12.3 Å². The highest BCUT2D eigenvalue weighted by Crippen LogP contribution is 2.02. The summed E-state index contributed by atoms with van der Waals surface area (Å²) in [6.45, 7) is 2.13. The molecule has 0 spiro atoms. The molecule has 0 saturated heterocycles. The number of amides is 1. The molecule has 2 aromatic rings. The molecule has 1 N–H and O–H groups in total. The van der Waals surface area contributed by atoms with Crippen LogP contribution in [0.1, 0.15) is 28.8 Å². The summed E-state index contributed by atoms with van der Waals surface area (Å²) >= 11 is 0. The summed E-state index contributed by atoms with van der Waals surface area (Å²) in [4.78, 5) is 39.4. The molecule has 0 fully saturated rings. The van der Waals surface area contributed by atoms with Gasteiger partial charge in [-0.1, -0.05) is 6.07 Å². The first-order chi connectivity index (χ1) is 10.5. The summed E-state index contributed by atoms with van der Waals surface area (Å²) in [6, 6.07) is 3.56. The average Bonchev–Trinajstić information content (AvgIpc) is 2.52. The third-order valence-corrected chi connectivity index (χ3v) is 3.17. The van der Waals surface area contributed by atoms with Gasteiger partial charge >= 0.3 is 5.97 Å². The molecular formula is C15H17N3O4. The van der Waals surface area contributed by atoms with Crippen molar-refractivity contribution in [1.29, 1.82) is 0 Å². The number of pyridine rings is 1. The van der Waals surface area contributed by atoms with Gasteiger partial charge in [-0.15, -0.1) is 0 Å². The maximum atomic E-state index is 12.3. The Morgan fingerprint density at radius 3 is 2.86 bits per heavy atom. The van der Waals surface area contributed by atoms with Crippen LogP contribution in [0.3, 0.4) is 0 Å². The van der Waals surface area contributed by atoms with Crippen molar-refractivity contribution in [3.63, 3.8) is 0 Å². The molecule has 0 radical (unpaired) electrons. The summed E-state index contributed by atoms with van der Waals surface area (Å²) in [5, 5.41) is 2.60. The van der Waals surface area contributed by atoms with Crippen LogP contribution in [0.2, 0.25) is 0 Å². The third-order valence-electron chi connectivity index (χ3n) is 3.17. The highest BCUT2D eigenvalue weighted by molar-refractivity contribution is 5.93. The van der Waals surface area contributed by atoms with Crippen molar-refractivity contribution in [1.82, 2.24) is 14.7 Å². The van der Waals surface area contributed by atoms with Crippen molar-refractivity contribution in [2.24, 2.45) is 0 Å². The maximum absolute atomic E-state index is 12.3. The van der Waals surface area contributed by atoms with Crippen molar-refractivity contribution >= 4 is 17.5 Å². The number of nitrogens with one attached hydrogen (secondary N) is 1. The molecule has 0 atom stereocenters. The monoisotopic (exact) mass is 303 g/mol. The molecule has 116 valence electrons. The van der Waals surface area contributed by atoms with Gasteiger partial charge in [0.1, 0.15) is 11.2 Å². The standard InChI is InChI=1S/C15H17N3O4/c1-10-5-6-12-17-8-11(15(21)18(12)9-10)14(20)16-7-3-4-13(19)22-2/h5-6,8-9H,3-4,7H2,1-2H3,(H,16,20). The van der Waals surface area contributed by atoms with Gasteiger partial charge in [-0.3, -0.25) is 18.8 Å². The zero-order chi connectivity index (χ0) is 16.1. The van der Waals surface area contributed by atoms with Gasteiger partial charge in [-0.05, 0) is 25.0 Å². The maximum Gasteiger partial charge on any atom is 0.305 e. The van der Waals surface area contributed by atoms with E-state index in [9.17, 15) is 14.4 Å². The second kappa shape index (κ2) is 6.84. The lowest BCUT2D eigenvalue weighted by Gasteiger charge is -2.06. The Bertz CT molecular complexity index is 767. The lowest BCUT2D eigenvalue weighted by molar-refractivity contribution is -0.140. The van der Waals surface area contributed by atoms with Gasteiger partial charge in [0.15, 0.2) is 0 Å². The van der Waals surface area contributed by atoms with E-state index in [4.69, 9.17) is 0 Å². The fourth-order valence-electron chi connectivity index (χ4n) is 1.97. The Kier molecular flexibility index (Phi) is 4.88. The van der Waals surface area contributed by atoms with E-state index in [2.05, 4.69) is 15.0 Å². The van der Waals surface area contributed by atoms with Crippen molar-refractivity contribution < 1.29 is 14.3 Å². The molecule has 0 saturated carbocycles. The first kappa shape index (κ1) is 15.7. The van der Waals surface area contributed by atoms with Crippen LogP contribution in [0.4, 0.5) is 0 Å². The molecule has 1 amide bonds. The zero-order valence-corrected chi connectivity index (χ0v) is 12.5. The molecule has 0 aliphatic carbocycles. The molecule has 22 heavy (non-hydrogen) atoms. The van der Waals surface area contributed by atoms with E-state index < -0.39 is 11.5 Å². The fraction of sp³-hybridized carbons (Fsp3) is 0.333. The van der Waals surface area contributed by atoms with Crippen molar-refractivity contribution in [3.05, 3.63) is 46.0 Å². The van der Waals surface area contributed by atoms with Crippen LogP contribution in [0.5, 0.6) is 0 Å². The van der Waals surface area contributed by atoms with Crippen LogP contribution in [-0.4, -0.2) is 34.9 Å². The van der Waals surface area contributed by atoms with Crippen LogP contribution in [0.25, 0.3) is 5.65 Å². The normalized spacial score (nSPS) is 10.5. The highest BCUT2D eigenvalue weighted by Gasteiger charge is 2.13. The Balaban J connectivity index is 2.10. The number of carbonyl (C=O) groups excluding carboxylic acids is 2. The third kappa shape index (κ3) is 3.49. The van der Waals surface area contributed by atoms with E-state index in [1.165, 1.54) is 17.7 Å². The highest BCUT2D eigenvalue weighted by atomic mass is 16.5. The minimum absolute atomic E-state index is 0.0267. The van der Waals surface area contributed by atoms with E-state index in [0.29, 0.717) is 12.1 Å². The summed E-state index contributed by atoms with van der Waals surface area (Å²) in [6.07, 6.45) is 3.56. The first-order valence-electron chi connectivity index (χ1n) is 6.86. The molecular weight excluding hydrogens is 286 g/mol. The number of fused-ring (bicyclic) bond motifs is 1. The van der Waals surface area contributed by atoms with E-state index >= 15 is 0 Å². The van der Waals surface area contributed by atoms with Gasteiger partial charge in [-0.25, -0.2) is 4.98 Å². The molecule has 2 rings (SSSR count). The molecule has 7 heteroatoms. The summed E-state index contributed by atoms with van der Waals surface area (Å²) in [5.74, 6) is -0.838. The molecule has 2 aromatic heterocycles. The number of ether oxygens (including phenoxy) is 1. The van der Waals surface area contributed by atoms with Crippen LogP contribution in [0.15, 0.2) is 29.3 Å². The number of aryl methyl sites for hydroxylation is 1. The van der Waals surface area contributed by atoms with E-state index in [0.717, 1.165) is 5.56 Å². The number of rotatable bonds is 5. The number of nitrogens with zero attached hydrogens (tertiary/aromatic N) is 2. The van der Waals surface area contributed by atoms with Crippen LogP contribution < -0.4 is 10.9 Å². The molecule has 0 aromatic carbocycles. The topological polar surface area (TPSA) is 89.8 Å². The second-order valence-electron chi connectivity index (χ2n) is 4.85. The number of carbonyl (C=O) groups is 2. The van der Waals surface area contributed by atoms with Crippen LogP contribution in [0, 0.1) is 6.92 Å². The fourth-order valence-corrected chi connectivity index (χ4v) is 1.97. The molecule has 0 aliphatic heterocycles. The molecule has 7 nitrogen and oxygen atoms in total. The second-order valence-corrected chi connectivity index (χ2v) is 4.85. The number of aromatic nitrogens is 2. The summed E-state index contributed by atoms with van der Waals surface area (Å²) < 4.78 is 5.85. The largest absolute Gasteiger partial charge is 0.469 e. The SMILES string of the molecule is COC(=O)CCCNC(=O)c1cnc2ccc(C)cn2c1=O. The minimum atomic E-state index is -0.502. The van der Waals surface area contributed by atoms with Crippen molar-refractivity contribution in [2.45, 2.75) is 19.8 Å². The van der Waals surface area contributed by atoms with Gasteiger partial charge in [0, 0.05) is 25.4 Å². The predicted molar refractivity (Wildman–Crippen MR) is 79.8 cm³/mol. The van der Waals surface area contributed by atoms with Gasteiger partial charge < -0.3 is 10.1 Å². The van der Waals surface area contributed by atoms with E-state index in [1.807, 2.05) is 13.0 Å². The van der Waals surface area contributed by atoms with Gasteiger partial charge in [0.2, 0.25) is 0 Å². The number of hydrogen-bond acceptors (Lipinski definition) is 5. The lowest BCUT2D eigenvalue weighted by atomic mass is 10.2. The Morgan fingerprint density at radius 1 is 1.36 bits per heavy atom. The first-order valence-corrected chi connectivity index (χ1v) is 6.86. The number of methoxy groups -OCH3 is 1. The summed E-state index contributed by atoms with van der Waals surface area (Å²) in [5.41, 5.74) is 0.935. The van der Waals surface area contributed by atoms with Crippen molar-refractivity contribution in [3.8, 4) is 0 Å². The summed E-state index contributed by atoms with van der Waals surface area (Å²) in [7, 11) is 1.31. The van der Waals surface area contributed by atoms with Crippen LogP contribution >= 0.6 is 0 Å². The smallest absolute Gasteiger partial charge is 0.305 e. The Hall–Kier alpha value is -2.70. The zero-order valence-electron chi connectivity index (χ0n) is 12.5. The average molecular weight is 303 g/mol. The van der Waals surface area contributed by atoms with Crippen LogP contribution in [-0.2, 0) is 9.53 Å². The van der Waals surface area contributed by atoms with E-state index in [-0.39, 0.29) is 24.5 Å². The molecule has 0 unspecified atom stereocenters. The van der Waals surface area contributed by atoms with Gasteiger partial charge in [-0.2, -0.15) is 0 Å². The molecule has 2 heterocycles. The quantitative estimate of drug-likeness (QED) is 0.648.